The molecule has 0 heterocycles. The second kappa shape index (κ2) is 5.33. The van der Waals surface area contributed by atoms with Gasteiger partial charge in [0.1, 0.15) is 0 Å². The van der Waals surface area contributed by atoms with Crippen molar-refractivity contribution >= 4 is 21.8 Å². The van der Waals surface area contributed by atoms with E-state index in [4.69, 9.17) is 0 Å². The Balaban J connectivity index is 2.52. The van der Waals surface area contributed by atoms with Crippen LogP contribution in [0.5, 0.6) is 0 Å². The Morgan fingerprint density at radius 2 is 1.80 bits per heavy atom. The van der Waals surface area contributed by atoms with Gasteiger partial charge in [-0.1, -0.05) is 56.0 Å². The first-order valence-corrected chi connectivity index (χ1v) is 6.78. The van der Waals surface area contributed by atoms with Gasteiger partial charge in [0, 0.05) is 16.3 Å². The summed E-state index contributed by atoms with van der Waals surface area (Å²) in [4.78, 5) is 12.3. The van der Waals surface area contributed by atoms with Gasteiger partial charge in [0.2, 0.25) is 5.91 Å². The highest BCUT2D eigenvalue weighted by Gasteiger charge is 2.27. The fourth-order valence-electron chi connectivity index (χ4n) is 1.81. The van der Waals surface area contributed by atoms with E-state index in [1.807, 2.05) is 20.8 Å². The third-order valence-corrected chi connectivity index (χ3v) is 4.03. The van der Waals surface area contributed by atoms with Crippen molar-refractivity contribution < 1.29 is 4.79 Å². The van der Waals surface area contributed by atoms with Gasteiger partial charge in [-0.3, -0.25) is 4.79 Å². The molecule has 2 nitrogen and oxygen atoms in total. The molecule has 1 saturated carbocycles. The maximum Gasteiger partial charge on any atom is 0.225 e. The maximum atomic E-state index is 11.9. The first-order chi connectivity index (χ1) is 6.91. The molecular weight excluding hydrogens is 254 g/mol. The molecule has 1 rings (SSSR count). The Hall–Kier alpha value is -0.0500. The number of alkyl halides is 1. The highest BCUT2D eigenvalue weighted by molar-refractivity contribution is 9.09. The van der Waals surface area contributed by atoms with Crippen LogP contribution in [0.1, 0.15) is 52.9 Å². The Bertz CT molecular complexity index is 222. The van der Waals surface area contributed by atoms with Crippen LogP contribution in [0.2, 0.25) is 0 Å². The van der Waals surface area contributed by atoms with Crippen LogP contribution in [0.15, 0.2) is 0 Å². The molecule has 1 N–H and O–H groups in total. The van der Waals surface area contributed by atoms with E-state index in [9.17, 15) is 4.79 Å². The van der Waals surface area contributed by atoms with Crippen molar-refractivity contribution in [3.05, 3.63) is 0 Å². The van der Waals surface area contributed by atoms with Crippen LogP contribution in [-0.2, 0) is 4.79 Å². The lowest BCUT2D eigenvalue weighted by Gasteiger charge is -2.26. The SMILES string of the molecule is CC(C)(C)C(=O)NC1CCCCCC1Br. The molecule has 1 aliphatic rings. The summed E-state index contributed by atoms with van der Waals surface area (Å²) in [6, 6.07) is 0.319. The van der Waals surface area contributed by atoms with Crippen LogP contribution < -0.4 is 5.32 Å². The van der Waals surface area contributed by atoms with Crippen LogP contribution >= 0.6 is 15.9 Å². The standard InChI is InChI=1S/C12H22BrNO/c1-12(2,3)11(15)14-10-8-6-4-5-7-9(10)13/h9-10H,4-8H2,1-3H3,(H,14,15). The molecule has 0 aromatic carbocycles. The molecule has 1 aliphatic carbocycles. The fraction of sp³-hybridized carbons (Fsp3) is 0.917. The summed E-state index contributed by atoms with van der Waals surface area (Å²) in [7, 11) is 0. The van der Waals surface area contributed by atoms with Gasteiger partial charge in [0.05, 0.1) is 0 Å². The van der Waals surface area contributed by atoms with Gasteiger partial charge in [0.25, 0.3) is 0 Å². The quantitative estimate of drug-likeness (QED) is 0.578. The molecule has 1 fully saturated rings. The monoisotopic (exact) mass is 275 g/mol. The zero-order chi connectivity index (χ0) is 11.5. The van der Waals surface area contributed by atoms with Crippen LogP contribution in [0, 0.1) is 5.41 Å². The van der Waals surface area contributed by atoms with Crippen molar-refractivity contribution in [2.24, 2.45) is 5.41 Å². The minimum atomic E-state index is -0.279. The Labute approximate surface area is 101 Å². The molecule has 2 unspecified atom stereocenters. The molecule has 15 heavy (non-hydrogen) atoms. The highest BCUT2D eigenvalue weighted by Crippen LogP contribution is 2.25. The third-order valence-electron chi connectivity index (χ3n) is 2.93. The zero-order valence-electron chi connectivity index (χ0n) is 9.98. The van der Waals surface area contributed by atoms with Crippen molar-refractivity contribution in [1.29, 1.82) is 0 Å². The normalized spacial score (nSPS) is 28.3. The van der Waals surface area contributed by atoms with Gasteiger partial charge in [-0.15, -0.1) is 0 Å². The van der Waals surface area contributed by atoms with Crippen molar-refractivity contribution in [2.75, 3.05) is 0 Å². The van der Waals surface area contributed by atoms with Gasteiger partial charge in [-0.25, -0.2) is 0 Å². The molecule has 2 atom stereocenters. The molecular formula is C12H22BrNO. The smallest absolute Gasteiger partial charge is 0.225 e. The number of amides is 1. The molecule has 3 heteroatoms. The summed E-state index contributed by atoms with van der Waals surface area (Å²) in [5.74, 6) is 0.166. The lowest BCUT2D eigenvalue weighted by Crippen LogP contribution is -2.45. The number of hydrogen-bond acceptors (Lipinski definition) is 1. The van der Waals surface area contributed by atoms with Gasteiger partial charge >= 0.3 is 0 Å². The van der Waals surface area contributed by atoms with E-state index in [1.54, 1.807) is 0 Å². The summed E-state index contributed by atoms with van der Waals surface area (Å²) < 4.78 is 0. The van der Waals surface area contributed by atoms with E-state index in [-0.39, 0.29) is 11.3 Å². The predicted octanol–water partition coefficient (Wildman–Crippen LogP) is 3.24. The first-order valence-electron chi connectivity index (χ1n) is 5.86. The average Bonchev–Trinajstić information content (AvgIpc) is 2.30. The molecule has 1 amide bonds. The van der Waals surface area contributed by atoms with E-state index in [1.165, 1.54) is 25.7 Å². The molecule has 0 radical (unpaired) electrons. The Morgan fingerprint density at radius 1 is 1.20 bits per heavy atom. The summed E-state index contributed by atoms with van der Waals surface area (Å²) in [6.45, 7) is 5.88. The number of hydrogen-bond donors (Lipinski definition) is 1. The maximum absolute atomic E-state index is 11.9. The van der Waals surface area contributed by atoms with E-state index in [0.717, 1.165) is 6.42 Å². The minimum Gasteiger partial charge on any atom is -0.352 e. The molecule has 0 bridgehead atoms. The van der Waals surface area contributed by atoms with E-state index in [0.29, 0.717) is 10.9 Å². The average molecular weight is 276 g/mol. The molecule has 88 valence electrons. The zero-order valence-corrected chi connectivity index (χ0v) is 11.6. The Kier molecular flexibility index (Phi) is 4.63. The van der Waals surface area contributed by atoms with E-state index < -0.39 is 0 Å². The van der Waals surface area contributed by atoms with Crippen LogP contribution in [-0.4, -0.2) is 16.8 Å². The van der Waals surface area contributed by atoms with Crippen LogP contribution in [0.25, 0.3) is 0 Å². The molecule has 0 saturated heterocycles. The fourth-order valence-corrected chi connectivity index (χ4v) is 2.53. The van der Waals surface area contributed by atoms with Gasteiger partial charge < -0.3 is 5.32 Å². The predicted molar refractivity (Wildman–Crippen MR) is 67.2 cm³/mol. The lowest BCUT2D eigenvalue weighted by molar-refractivity contribution is -0.129. The second-order valence-corrected chi connectivity index (χ2v) is 6.66. The molecule has 0 aliphatic heterocycles. The topological polar surface area (TPSA) is 29.1 Å². The van der Waals surface area contributed by atoms with Crippen molar-refractivity contribution in [1.82, 2.24) is 5.32 Å². The van der Waals surface area contributed by atoms with E-state index in [2.05, 4.69) is 21.2 Å². The minimum absolute atomic E-state index is 0.166. The second-order valence-electron chi connectivity index (χ2n) is 5.48. The molecule has 0 aromatic heterocycles. The summed E-state index contributed by atoms with van der Waals surface area (Å²) >= 11 is 3.69. The van der Waals surface area contributed by atoms with Crippen molar-refractivity contribution in [3.8, 4) is 0 Å². The van der Waals surface area contributed by atoms with Crippen molar-refractivity contribution in [2.45, 2.75) is 63.7 Å². The summed E-state index contributed by atoms with van der Waals surface area (Å²) in [5, 5.41) is 3.16. The van der Waals surface area contributed by atoms with Crippen LogP contribution in [0.4, 0.5) is 0 Å². The highest BCUT2D eigenvalue weighted by atomic mass is 79.9. The van der Waals surface area contributed by atoms with Crippen molar-refractivity contribution in [3.63, 3.8) is 0 Å². The number of halogens is 1. The first kappa shape index (κ1) is 13.0. The number of rotatable bonds is 1. The molecule has 0 spiro atoms. The van der Waals surface area contributed by atoms with Gasteiger partial charge in [-0.05, 0) is 12.8 Å². The third kappa shape index (κ3) is 4.13. The van der Waals surface area contributed by atoms with Gasteiger partial charge in [0.15, 0.2) is 0 Å². The number of carbonyl (C=O) groups excluding carboxylic acids is 1. The summed E-state index contributed by atoms with van der Waals surface area (Å²) in [6.07, 6.45) is 6.09. The molecule has 0 aromatic rings. The van der Waals surface area contributed by atoms with Crippen LogP contribution in [0.3, 0.4) is 0 Å². The largest absolute Gasteiger partial charge is 0.352 e. The summed E-state index contributed by atoms with van der Waals surface area (Å²) in [5.41, 5.74) is -0.279. The van der Waals surface area contributed by atoms with E-state index >= 15 is 0 Å². The Morgan fingerprint density at radius 3 is 2.40 bits per heavy atom. The number of nitrogens with one attached hydrogen (secondary N) is 1. The number of carbonyl (C=O) groups is 1. The lowest BCUT2D eigenvalue weighted by atomic mass is 9.94. The van der Waals surface area contributed by atoms with Gasteiger partial charge in [-0.2, -0.15) is 0 Å².